The monoisotopic (exact) mass is 139 g/mol. The number of hydrogen-bond acceptors (Lipinski definition) is 2. The molecule has 0 heterocycles. The minimum atomic E-state index is 0.250. The molecule has 1 aromatic carbocycles. The Balaban J connectivity index is 0.000000236. The van der Waals surface area contributed by atoms with Crippen LogP contribution in [0.2, 0.25) is 0 Å². The van der Waals surface area contributed by atoms with Gasteiger partial charge in [0.1, 0.15) is 5.75 Å². The first-order valence-corrected chi connectivity index (χ1v) is 2.70. The number of phenols is 1. The summed E-state index contributed by atoms with van der Waals surface area (Å²) in [7, 11) is 0. The average molecular weight is 139 g/mol. The van der Waals surface area contributed by atoms with Crippen LogP contribution in [0.5, 0.6) is 5.75 Å². The number of aromatic hydroxyl groups is 1. The lowest BCUT2D eigenvalue weighted by molar-refractivity contribution is -0.106. The molecule has 3 N–H and O–H groups in total. The third kappa shape index (κ3) is 4.64. The summed E-state index contributed by atoms with van der Waals surface area (Å²) in [6.07, 6.45) is 0.250. The number of para-hydroxylation sites is 1. The fourth-order valence-corrected chi connectivity index (χ4v) is 0.428. The summed E-state index contributed by atoms with van der Waals surface area (Å²) in [6, 6.07) is 8.71. The predicted molar refractivity (Wildman–Crippen MR) is 38.4 cm³/mol. The van der Waals surface area contributed by atoms with Crippen molar-refractivity contribution in [2.75, 3.05) is 0 Å². The predicted octanol–water partition coefficient (Wildman–Crippen LogP) is 0.494. The molecule has 0 saturated heterocycles. The molecule has 0 bridgehead atoms. The van der Waals surface area contributed by atoms with Crippen molar-refractivity contribution in [1.29, 1.82) is 0 Å². The molecule has 3 heteroatoms. The number of rotatable bonds is 0. The quantitative estimate of drug-likeness (QED) is 0.514. The Morgan fingerprint density at radius 3 is 1.90 bits per heavy atom. The van der Waals surface area contributed by atoms with Gasteiger partial charge in [-0.1, -0.05) is 18.2 Å². The molecular formula is C7H9NO2. The SMILES string of the molecule is NC=O.Oc1ccccc1. The van der Waals surface area contributed by atoms with Gasteiger partial charge < -0.3 is 10.8 Å². The van der Waals surface area contributed by atoms with Gasteiger partial charge in [0.25, 0.3) is 0 Å². The number of phenolic OH excluding ortho intramolecular Hbond substituents is 1. The lowest BCUT2D eigenvalue weighted by atomic mass is 10.3. The highest BCUT2D eigenvalue weighted by Gasteiger charge is 1.74. The van der Waals surface area contributed by atoms with Gasteiger partial charge in [-0.3, -0.25) is 4.79 Å². The number of benzene rings is 1. The van der Waals surface area contributed by atoms with E-state index in [1.165, 1.54) is 0 Å². The van der Waals surface area contributed by atoms with Crippen LogP contribution >= 0.6 is 0 Å². The van der Waals surface area contributed by atoms with Crippen molar-refractivity contribution in [2.45, 2.75) is 0 Å². The van der Waals surface area contributed by atoms with Crippen LogP contribution in [0.25, 0.3) is 0 Å². The molecule has 3 nitrogen and oxygen atoms in total. The highest BCUT2D eigenvalue weighted by atomic mass is 16.3. The average Bonchev–Trinajstić information content (AvgIpc) is 1.91. The first kappa shape index (κ1) is 8.49. The van der Waals surface area contributed by atoms with Crippen LogP contribution in [0.4, 0.5) is 0 Å². The Morgan fingerprint density at radius 2 is 1.70 bits per heavy atom. The Kier molecular flexibility index (Phi) is 4.77. The van der Waals surface area contributed by atoms with Gasteiger partial charge in [0, 0.05) is 0 Å². The summed E-state index contributed by atoms with van der Waals surface area (Å²) in [6.45, 7) is 0. The molecule has 1 rings (SSSR count). The van der Waals surface area contributed by atoms with Crippen LogP contribution in [0, 0.1) is 0 Å². The van der Waals surface area contributed by atoms with Crippen molar-refractivity contribution in [1.82, 2.24) is 0 Å². The van der Waals surface area contributed by atoms with Crippen molar-refractivity contribution in [3.05, 3.63) is 30.3 Å². The Morgan fingerprint density at radius 1 is 1.30 bits per heavy atom. The molecular weight excluding hydrogens is 130 g/mol. The standard InChI is InChI=1S/C6H6O.CH3NO/c7-6-4-2-1-3-5-6;2-1-3/h1-5,7H;1H,(H2,2,3). The minimum Gasteiger partial charge on any atom is -0.508 e. The molecule has 1 aromatic rings. The second-order valence-electron chi connectivity index (χ2n) is 1.47. The van der Waals surface area contributed by atoms with Gasteiger partial charge >= 0.3 is 0 Å². The largest absolute Gasteiger partial charge is 0.508 e. The van der Waals surface area contributed by atoms with E-state index in [1.807, 2.05) is 6.07 Å². The molecule has 54 valence electrons. The normalized spacial score (nSPS) is 7.20. The van der Waals surface area contributed by atoms with Crippen molar-refractivity contribution in [2.24, 2.45) is 5.73 Å². The van der Waals surface area contributed by atoms with Gasteiger partial charge in [0.15, 0.2) is 0 Å². The molecule has 0 fully saturated rings. The number of hydrogen-bond donors (Lipinski definition) is 2. The maximum absolute atomic E-state index is 8.63. The summed E-state index contributed by atoms with van der Waals surface area (Å²) < 4.78 is 0. The van der Waals surface area contributed by atoms with Gasteiger partial charge in [-0.05, 0) is 12.1 Å². The van der Waals surface area contributed by atoms with Gasteiger partial charge in [-0.2, -0.15) is 0 Å². The zero-order valence-electron chi connectivity index (χ0n) is 5.40. The lowest BCUT2D eigenvalue weighted by Crippen LogP contribution is -1.82. The molecule has 0 spiro atoms. The summed E-state index contributed by atoms with van der Waals surface area (Å²) in [5.41, 5.74) is 4.17. The third-order valence-electron chi connectivity index (χ3n) is 0.756. The van der Waals surface area contributed by atoms with Crippen molar-refractivity contribution < 1.29 is 9.90 Å². The van der Waals surface area contributed by atoms with E-state index >= 15 is 0 Å². The fraction of sp³-hybridized carbons (Fsp3) is 0. The topological polar surface area (TPSA) is 63.3 Å². The maximum atomic E-state index is 8.63. The van der Waals surface area contributed by atoms with E-state index in [9.17, 15) is 0 Å². The molecule has 0 radical (unpaired) electrons. The van der Waals surface area contributed by atoms with E-state index in [0.717, 1.165) is 0 Å². The Labute approximate surface area is 59.1 Å². The zero-order valence-corrected chi connectivity index (χ0v) is 5.40. The van der Waals surface area contributed by atoms with Gasteiger partial charge in [-0.25, -0.2) is 0 Å². The lowest BCUT2D eigenvalue weighted by Gasteiger charge is -1.82. The highest BCUT2D eigenvalue weighted by molar-refractivity contribution is 5.42. The maximum Gasteiger partial charge on any atom is 0.204 e. The van der Waals surface area contributed by atoms with E-state index in [2.05, 4.69) is 5.73 Å². The van der Waals surface area contributed by atoms with E-state index < -0.39 is 0 Å². The van der Waals surface area contributed by atoms with E-state index in [1.54, 1.807) is 24.3 Å². The van der Waals surface area contributed by atoms with Crippen LogP contribution in [0.1, 0.15) is 0 Å². The summed E-state index contributed by atoms with van der Waals surface area (Å²) in [5, 5.41) is 8.63. The molecule has 0 unspecified atom stereocenters. The second kappa shape index (κ2) is 5.62. The molecule has 0 saturated carbocycles. The molecule has 10 heavy (non-hydrogen) atoms. The number of amides is 1. The molecule has 1 amide bonds. The van der Waals surface area contributed by atoms with E-state index in [-0.39, 0.29) is 6.41 Å². The smallest absolute Gasteiger partial charge is 0.204 e. The fourth-order valence-electron chi connectivity index (χ4n) is 0.428. The number of primary amides is 1. The molecule has 0 aromatic heterocycles. The molecule has 0 aliphatic rings. The highest BCUT2D eigenvalue weighted by Crippen LogP contribution is 2.02. The van der Waals surface area contributed by atoms with Crippen LogP contribution in [-0.4, -0.2) is 11.5 Å². The molecule has 0 atom stereocenters. The summed E-state index contributed by atoms with van der Waals surface area (Å²) >= 11 is 0. The molecule has 0 aliphatic heterocycles. The first-order valence-electron chi connectivity index (χ1n) is 2.70. The number of carbonyl (C=O) groups is 1. The first-order chi connectivity index (χ1) is 4.81. The summed E-state index contributed by atoms with van der Waals surface area (Å²) in [4.78, 5) is 8.58. The second-order valence-corrected chi connectivity index (χ2v) is 1.47. The van der Waals surface area contributed by atoms with Crippen LogP contribution in [0.15, 0.2) is 30.3 Å². The Hall–Kier alpha value is -1.51. The van der Waals surface area contributed by atoms with E-state index in [4.69, 9.17) is 9.90 Å². The Bertz CT molecular complexity index is 174. The third-order valence-corrected chi connectivity index (χ3v) is 0.756. The summed E-state index contributed by atoms with van der Waals surface area (Å²) in [5.74, 6) is 0.322. The number of carbonyl (C=O) groups excluding carboxylic acids is 1. The van der Waals surface area contributed by atoms with Crippen LogP contribution in [0.3, 0.4) is 0 Å². The van der Waals surface area contributed by atoms with Crippen molar-refractivity contribution in [3.63, 3.8) is 0 Å². The van der Waals surface area contributed by atoms with Gasteiger partial charge in [0.2, 0.25) is 6.41 Å². The number of nitrogens with two attached hydrogens (primary N) is 1. The van der Waals surface area contributed by atoms with Crippen molar-refractivity contribution >= 4 is 6.41 Å². The van der Waals surface area contributed by atoms with E-state index in [0.29, 0.717) is 5.75 Å². The minimum absolute atomic E-state index is 0.250. The zero-order chi connectivity index (χ0) is 7.82. The van der Waals surface area contributed by atoms with Crippen LogP contribution in [-0.2, 0) is 4.79 Å². The van der Waals surface area contributed by atoms with Gasteiger partial charge in [0.05, 0.1) is 0 Å². The van der Waals surface area contributed by atoms with Crippen LogP contribution < -0.4 is 5.73 Å². The van der Waals surface area contributed by atoms with Crippen molar-refractivity contribution in [3.8, 4) is 5.75 Å². The van der Waals surface area contributed by atoms with Gasteiger partial charge in [-0.15, -0.1) is 0 Å². The molecule has 0 aliphatic carbocycles.